The maximum atomic E-state index is 15.3. The molecule has 6 N–H and O–H groups in total. The standard InChI is InChI=1S/C52H59FN8O13S/c1-3-52(71)33-19-37-47-31(25-61(37)49(68)32(33)26-74-51(52)70)46-38(14-13-30-28(2)34(53)20-35(59-47)45(30)46)73-17-16-72-27-57-42(64)23-56-48(67)36(18-29-10-6-4-7-11-29)58-43(65)24-55-41(63)22-54-40(62)12-8-5-9-15-60-44(66)21-39(75)50(60)69/h4,6-7,10-11,19-20,36,38-39,71,75H,3,5,8-9,12-18,21-27H2,1-2H3,(H,54,62)(H,55,63)(H,56,67)(H,57,64)(H,58,65)/t36-,38+,39?,52-/m0/s1. The first-order chi connectivity index (χ1) is 36.0. The Balaban J connectivity index is 0.786. The zero-order valence-corrected chi connectivity index (χ0v) is 42.4. The number of hydrogen-bond acceptors (Lipinski definition) is 15. The number of amides is 7. The van der Waals surface area contributed by atoms with E-state index >= 15 is 4.39 Å². The Morgan fingerprint density at radius 1 is 0.920 bits per heavy atom. The van der Waals surface area contributed by atoms with Gasteiger partial charge in [0.25, 0.3) is 5.56 Å². The van der Waals surface area contributed by atoms with Crippen LogP contribution in [0.1, 0.15) is 96.9 Å². The number of carbonyl (C=O) groups excluding carboxylic acids is 8. The van der Waals surface area contributed by atoms with Gasteiger partial charge in [0, 0.05) is 48.4 Å². The van der Waals surface area contributed by atoms with Crippen LogP contribution in [0.5, 0.6) is 0 Å². The van der Waals surface area contributed by atoms with Crippen LogP contribution in [-0.2, 0) is 84.2 Å². The molecule has 2 aromatic heterocycles. The molecule has 75 heavy (non-hydrogen) atoms. The molecule has 8 rings (SSSR count). The van der Waals surface area contributed by atoms with Crippen molar-refractivity contribution in [3.8, 4) is 11.4 Å². The van der Waals surface area contributed by atoms with Crippen LogP contribution < -0.4 is 32.1 Å². The molecule has 1 unspecified atom stereocenters. The summed E-state index contributed by atoms with van der Waals surface area (Å²) < 4.78 is 34.2. The zero-order valence-electron chi connectivity index (χ0n) is 41.5. The minimum atomic E-state index is -2.02. The molecule has 0 bridgehead atoms. The number of halogens is 1. The van der Waals surface area contributed by atoms with Gasteiger partial charge in [-0.1, -0.05) is 43.7 Å². The number of carbonyl (C=O) groups is 8. The molecule has 0 saturated carbocycles. The van der Waals surface area contributed by atoms with E-state index in [1.165, 1.54) is 15.5 Å². The molecule has 2 aromatic carbocycles. The second-order valence-electron chi connectivity index (χ2n) is 18.9. The van der Waals surface area contributed by atoms with Crippen molar-refractivity contribution in [2.24, 2.45) is 0 Å². The first-order valence-corrected chi connectivity index (χ1v) is 25.4. The summed E-state index contributed by atoms with van der Waals surface area (Å²) in [4.78, 5) is 120. The Bertz CT molecular complexity index is 3010. The fraction of sp³-hybridized carbons (Fsp3) is 0.462. The SMILES string of the molecule is CC[C@@]1(O)C(=O)OCc2c1cc1n(c2=O)Cc2c-1nc1cc(F)c(C)c3c1c2[C@H](OCCOCNC(=O)CNC(=O)[C@H](Cc1ccccc1)NC(=O)CNC(=O)CNC(=O)CCCCCN1C(=O)CC(S)C1=O)CC3. The number of aryl methyl sites for hydroxylation is 1. The average Bonchev–Trinajstić information content (AvgIpc) is 3.89. The van der Waals surface area contributed by atoms with Crippen LogP contribution in [0.4, 0.5) is 4.39 Å². The quantitative estimate of drug-likeness (QED) is 0.0160. The van der Waals surface area contributed by atoms with Crippen LogP contribution in [0.15, 0.2) is 47.3 Å². The van der Waals surface area contributed by atoms with Crippen molar-refractivity contribution >= 4 is 70.9 Å². The Kier molecular flexibility index (Phi) is 17.1. The lowest BCUT2D eigenvalue weighted by molar-refractivity contribution is -0.172. The highest BCUT2D eigenvalue weighted by atomic mass is 32.1. The van der Waals surface area contributed by atoms with Gasteiger partial charge in [-0.3, -0.25) is 43.3 Å². The fourth-order valence-electron chi connectivity index (χ4n) is 9.93. The summed E-state index contributed by atoms with van der Waals surface area (Å²) in [5.41, 5.74) is 2.57. The molecule has 0 radical (unpaired) electrons. The normalized spacial score (nSPS) is 18.7. The third-order valence-electron chi connectivity index (χ3n) is 14.0. The zero-order chi connectivity index (χ0) is 53.6. The fourth-order valence-corrected chi connectivity index (χ4v) is 10.2. The lowest BCUT2D eigenvalue weighted by Gasteiger charge is -2.31. The largest absolute Gasteiger partial charge is 0.458 e. The Labute approximate surface area is 435 Å². The minimum Gasteiger partial charge on any atom is -0.458 e. The number of hydrogen-bond donors (Lipinski definition) is 7. The van der Waals surface area contributed by atoms with Crippen molar-refractivity contribution < 1.29 is 62.1 Å². The van der Waals surface area contributed by atoms with Gasteiger partial charge < -0.3 is 50.5 Å². The van der Waals surface area contributed by atoms with Gasteiger partial charge in [0.15, 0.2) is 5.60 Å². The number of ether oxygens (including phenoxy) is 3. The van der Waals surface area contributed by atoms with E-state index in [2.05, 4.69) is 39.2 Å². The number of fused-ring (bicyclic) bond motifs is 5. The molecular formula is C52H59FN8O13S. The number of unbranched alkanes of at least 4 members (excludes halogenated alkanes) is 2. The molecule has 0 spiro atoms. The molecule has 5 heterocycles. The summed E-state index contributed by atoms with van der Waals surface area (Å²) >= 11 is 4.10. The molecule has 21 nitrogen and oxygen atoms in total. The number of likely N-dealkylation sites (tertiary alicyclic amines) is 1. The number of rotatable bonds is 23. The van der Waals surface area contributed by atoms with E-state index in [1.54, 1.807) is 50.2 Å². The van der Waals surface area contributed by atoms with Crippen molar-refractivity contribution in [2.75, 3.05) is 46.1 Å². The number of aliphatic hydroxyl groups is 1. The molecule has 4 aromatic rings. The van der Waals surface area contributed by atoms with E-state index in [4.69, 9.17) is 19.2 Å². The van der Waals surface area contributed by atoms with Crippen molar-refractivity contribution in [1.29, 1.82) is 0 Å². The number of aromatic nitrogens is 2. The lowest BCUT2D eigenvalue weighted by Crippen LogP contribution is -2.52. The predicted octanol–water partition coefficient (Wildman–Crippen LogP) is 1.32. The molecule has 1 fully saturated rings. The van der Waals surface area contributed by atoms with Gasteiger partial charge in [-0.2, -0.15) is 12.6 Å². The topological polar surface area (TPSA) is 283 Å². The third kappa shape index (κ3) is 11.9. The second-order valence-corrected chi connectivity index (χ2v) is 19.5. The van der Waals surface area contributed by atoms with Crippen LogP contribution in [0, 0.1) is 12.7 Å². The number of thiol groups is 1. The van der Waals surface area contributed by atoms with E-state index < -0.39 is 89.5 Å². The van der Waals surface area contributed by atoms with Crippen molar-refractivity contribution in [3.63, 3.8) is 0 Å². The molecule has 4 aliphatic rings. The van der Waals surface area contributed by atoms with Gasteiger partial charge in [-0.25, -0.2) is 14.2 Å². The van der Waals surface area contributed by atoms with Crippen LogP contribution in [-0.4, -0.2) is 124 Å². The summed E-state index contributed by atoms with van der Waals surface area (Å²) in [6.45, 7) is 1.99. The second kappa shape index (κ2) is 23.6. The Hall–Kier alpha value is -7.08. The van der Waals surface area contributed by atoms with Crippen molar-refractivity contribution in [1.82, 2.24) is 41.0 Å². The molecule has 7 amide bonds. The minimum absolute atomic E-state index is 0.0211. The van der Waals surface area contributed by atoms with Gasteiger partial charge in [0.2, 0.25) is 41.4 Å². The van der Waals surface area contributed by atoms with Gasteiger partial charge in [0.05, 0.1) is 73.2 Å². The smallest absolute Gasteiger partial charge is 0.343 e. The summed E-state index contributed by atoms with van der Waals surface area (Å²) in [5, 5.41) is 24.1. The third-order valence-corrected chi connectivity index (χ3v) is 14.4. The highest BCUT2D eigenvalue weighted by Gasteiger charge is 2.46. The number of cyclic esters (lactones) is 1. The van der Waals surface area contributed by atoms with Gasteiger partial charge in [0.1, 0.15) is 25.2 Å². The maximum Gasteiger partial charge on any atom is 0.343 e. The van der Waals surface area contributed by atoms with Crippen LogP contribution in [0.3, 0.4) is 0 Å². The summed E-state index contributed by atoms with van der Waals surface area (Å²) in [7, 11) is 0. The number of nitrogens with one attached hydrogen (secondary N) is 5. The van der Waals surface area contributed by atoms with Crippen LogP contribution >= 0.6 is 12.6 Å². The van der Waals surface area contributed by atoms with E-state index in [-0.39, 0.29) is 88.3 Å². The summed E-state index contributed by atoms with van der Waals surface area (Å²) in [6.07, 6.45) is 2.29. The first-order valence-electron chi connectivity index (χ1n) is 24.9. The van der Waals surface area contributed by atoms with Gasteiger partial charge in [-0.15, -0.1) is 0 Å². The number of nitrogens with zero attached hydrogens (tertiary/aromatic N) is 3. The highest BCUT2D eigenvalue weighted by Crippen LogP contribution is 2.47. The molecular weight excluding hydrogens is 996 g/mol. The molecule has 1 aliphatic carbocycles. The summed E-state index contributed by atoms with van der Waals surface area (Å²) in [5.74, 6) is -4.81. The molecule has 398 valence electrons. The van der Waals surface area contributed by atoms with E-state index in [0.717, 1.165) is 16.5 Å². The van der Waals surface area contributed by atoms with Gasteiger partial charge >= 0.3 is 5.97 Å². The number of pyridine rings is 2. The van der Waals surface area contributed by atoms with E-state index in [0.29, 0.717) is 65.7 Å². The highest BCUT2D eigenvalue weighted by molar-refractivity contribution is 7.81. The predicted molar refractivity (Wildman–Crippen MR) is 269 cm³/mol. The molecule has 1 saturated heterocycles. The Morgan fingerprint density at radius 3 is 2.40 bits per heavy atom. The lowest BCUT2D eigenvalue weighted by atomic mass is 9.82. The van der Waals surface area contributed by atoms with Gasteiger partial charge in [-0.05, 0) is 67.3 Å². The van der Waals surface area contributed by atoms with E-state index in [9.17, 15) is 48.3 Å². The monoisotopic (exact) mass is 1050 g/mol. The average molecular weight is 1060 g/mol. The van der Waals surface area contributed by atoms with Crippen LogP contribution in [0.25, 0.3) is 22.3 Å². The van der Waals surface area contributed by atoms with Crippen molar-refractivity contribution in [3.05, 3.63) is 97.6 Å². The molecule has 4 atom stereocenters. The molecule has 23 heteroatoms. The molecule has 3 aliphatic heterocycles. The van der Waals surface area contributed by atoms with Crippen molar-refractivity contribution in [2.45, 2.75) is 108 Å². The maximum absolute atomic E-state index is 15.3. The summed E-state index contributed by atoms with van der Waals surface area (Å²) in [6, 6.07) is 10.7. The number of benzene rings is 2. The number of imide groups is 1. The first kappa shape index (κ1) is 54.2. The van der Waals surface area contributed by atoms with E-state index in [1.807, 2.05) is 0 Å². The Morgan fingerprint density at radius 2 is 1.65 bits per heavy atom. The number of esters is 1. The van der Waals surface area contributed by atoms with Crippen LogP contribution in [0.2, 0.25) is 0 Å².